The van der Waals surface area contributed by atoms with Gasteiger partial charge in [0.05, 0.1) is 6.04 Å². The Balaban J connectivity index is 2.11. The standard InChI is InChI=1S/C17H22N2/c1-3-14-6-10-16(11-7-14)19-17(12-18)15-8-4-13(2)5-9-15/h4-11,17,19H,3,12,18H2,1-2H3. The monoisotopic (exact) mass is 254 g/mol. The maximum absolute atomic E-state index is 5.88. The fourth-order valence-electron chi connectivity index (χ4n) is 2.11. The highest BCUT2D eigenvalue weighted by Crippen LogP contribution is 2.19. The van der Waals surface area contributed by atoms with Gasteiger partial charge in [0.2, 0.25) is 0 Å². The van der Waals surface area contributed by atoms with Gasteiger partial charge in [-0.05, 0) is 36.6 Å². The third-order valence-electron chi connectivity index (χ3n) is 3.42. The summed E-state index contributed by atoms with van der Waals surface area (Å²) in [5.41, 5.74) is 10.9. The van der Waals surface area contributed by atoms with Gasteiger partial charge in [0.25, 0.3) is 0 Å². The van der Waals surface area contributed by atoms with Crippen molar-refractivity contribution in [1.29, 1.82) is 0 Å². The highest BCUT2D eigenvalue weighted by Gasteiger charge is 2.08. The molecule has 19 heavy (non-hydrogen) atoms. The average molecular weight is 254 g/mol. The summed E-state index contributed by atoms with van der Waals surface area (Å²) in [4.78, 5) is 0. The Morgan fingerprint density at radius 2 is 1.63 bits per heavy atom. The first kappa shape index (κ1) is 13.6. The quantitative estimate of drug-likeness (QED) is 0.854. The normalized spacial score (nSPS) is 12.2. The van der Waals surface area contributed by atoms with Crippen LogP contribution in [0.5, 0.6) is 0 Å². The van der Waals surface area contributed by atoms with Crippen LogP contribution >= 0.6 is 0 Å². The van der Waals surface area contributed by atoms with Crippen molar-refractivity contribution in [3.63, 3.8) is 0 Å². The molecule has 1 unspecified atom stereocenters. The molecule has 0 spiro atoms. The summed E-state index contributed by atoms with van der Waals surface area (Å²) in [5.74, 6) is 0. The Morgan fingerprint density at radius 3 is 2.16 bits per heavy atom. The molecule has 0 amide bonds. The molecule has 2 aromatic carbocycles. The highest BCUT2D eigenvalue weighted by atomic mass is 14.9. The minimum absolute atomic E-state index is 0.160. The van der Waals surface area contributed by atoms with Crippen LogP contribution in [0, 0.1) is 6.92 Å². The van der Waals surface area contributed by atoms with Crippen molar-refractivity contribution in [2.45, 2.75) is 26.3 Å². The second-order valence-electron chi connectivity index (χ2n) is 4.89. The van der Waals surface area contributed by atoms with Crippen LogP contribution in [0.25, 0.3) is 0 Å². The van der Waals surface area contributed by atoms with E-state index >= 15 is 0 Å². The summed E-state index contributed by atoms with van der Waals surface area (Å²) in [6.07, 6.45) is 1.07. The maximum atomic E-state index is 5.88. The molecule has 0 aliphatic heterocycles. The number of nitrogens with two attached hydrogens (primary N) is 1. The van der Waals surface area contributed by atoms with Gasteiger partial charge in [0.15, 0.2) is 0 Å². The van der Waals surface area contributed by atoms with Gasteiger partial charge in [0, 0.05) is 12.2 Å². The van der Waals surface area contributed by atoms with Gasteiger partial charge in [-0.2, -0.15) is 0 Å². The van der Waals surface area contributed by atoms with E-state index in [2.05, 4.69) is 67.7 Å². The van der Waals surface area contributed by atoms with E-state index in [0.29, 0.717) is 6.54 Å². The summed E-state index contributed by atoms with van der Waals surface area (Å²) in [6, 6.07) is 17.2. The molecular formula is C17H22N2. The zero-order valence-corrected chi connectivity index (χ0v) is 11.7. The first-order valence-corrected chi connectivity index (χ1v) is 6.85. The lowest BCUT2D eigenvalue weighted by atomic mass is 10.0. The molecule has 0 saturated carbocycles. The predicted molar refractivity (Wildman–Crippen MR) is 82.4 cm³/mol. The van der Waals surface area contributed by atoms with E-state index in [1.54, 1.807) is 0 Å². The topological polar surface area (TPSA) is 38.0 Å². The van der Waals surface area contributed by atoms with Crippen LogP contribution in [0.4, 0.5) is 5.69 Å². The summed E-state index contributed by atoms with van der Waals surface area (Å²) in [7, 11) is 0. The van der Waals surface area contributed by atoms with Gasteiger partial charge in [-0.3, -0.25) is 0 Å². The largest absolute Gasteiger partial charge is 0.377 e. The van der Waals surface area contributed by atoms with Crippen LogP contribution in [-0.2, 0) is 6.42 Å². The van der Waals surface area contributed by atoms with E-state index in [4.69, 9.17) is 5.73 Å². The number of hydrogen-bond acceptors (Lipinski definition) is 2. The van der Waals surface area contributed by atoms with Gasteiger partial charge in [-0.15, -0.1) is 0 Å². The van der Waals surface area contributed by atoms with E-state index in [1.165, 1.54) is 16.7 Å². The fraction of sp³-hybridized carbons (Fsp3) is 0.294. The second-order valence-corrected chi connectivity index (χ2v) is 4.89. The number of aryl methyl sites for hydroxylation is 2. The number of benzene rings is 2. The predicted octanol–water partition coefficient (Wildman–Crippen LogP) is 3.67. The third-order valence-corrected chi connectivity index (χ3v) is 3.42. The molecule has 0 aliphatic carbocycles. The first-order valence-electron chi connectivity index (χ1n) is 6.85. The summed E-state index contributed by atoms with van der Waals surface area (Å²) in [6.45, 7) is 4.84. The first-order chi connectivity index (χ1) is 9.22. The Hall–Kier alpha value is -1.80. The number of nitrogens with one attached hydrogen (secondary N) is 1. The zero-order valence-electron chi connectivity index (χ0n) is 11.7. The lowest BCUT2D eigenvalue weighted by Gasteiger charge is -2.19. The van der Waals surface area contributed by atoms with E-state index in [9.17, 15) is 0 Å². The molecule has 1 atom stereocenters. The average Bonchev–Trinajstić information content (AvgIpc) is 2.46. The zero-order chi connectivity index (χ0) is 13.7. The summed E-state index contributed by atoms with van der Waals surface area (Å²) in [5, 5.41) is 3.49. The number of hydrogen-bond donors (Lipinski definition) is 2. The summed E-state index contributed by atoms with van der Waals surface area (Å²) < 4.78 is 0. The smallest absolute Gasteiger partial charge is 0.0636 e. The number of anilines is 1. The van der Waals surface area contributed by atoms with Crippen LogP contribution in [0.1, 0.15) is 29.7 Å². The third kappa shape index (κ3) is 3.58. The second kappa shape index (κ2) is 6.39. The Labute approximate surface area is 115 Å². The van der Waals surface area contributed by atoms with Crippen molar-refractivity contribution in [3.8, 4) is 0 Å². The van der Waals surface area contributed by atoms with Crippen molar-refractivity contribution < 1.29 is 0 Å². The lowest BCUT2D eigenvalue weighted by molar-refractivity contribution is 0.789. The Bertz CT molecular complexity index is 500. The van der Waals surface area contributed by atoms with E-state index in [-0.39, 0.29) is 6.04 Å². The van der Waals surface area contributed by atoms with Crippen LogP contribution in [0.3, 0.4) is 0 Å². The van der Waals surface area contributed by atoms with Crippen LogP contribution in [-0.4, -0.2) is 6.54 Å². The molecule has 2 heteroatoms. The molecule has 0 bridgehead atoms. The fourth-order valence-corrected chi connectivity index (χ4v) is 2.11. The Kier molecular flexibility index (Phi) is 4.58. The van der Waals surface area contributed by atoms with Crippen molar-refractivity contribution in [1.82, 2.24) is 0 Å². The molecule has 0 aliphatic rings. The minimum atomic E-state index is 0.160. The van der Waals surface area contributed by atoms with E-state index in [1.807, 2.05) is 0 Å². The van der Waals surface area contributed by atoms with Gasteiger partial charge in [-0.1, -0.05) is 48.9 Å². The van der Waals surface area contributed by atoms with Crippen LogP contribution in [0.2, 0.25) is 0 Å². The molecular weight excluding hydrogens is 232 g/mol. The Morgan fingerprint density at radius 1 is 1.00 bits per heavy atom. The molecule has 0 heterocycles. The summed E-state index contributed by atoms with van der Waals surface area (Å²) >= 11 is 0. The lowest BCUT2D eigenvalue weighted by Crippen LogP contribution is -2.20. The van der Waals surface area contributed by atoms with Crippen LogP contribution in [0.15, 0.2) is 48.5 Å². The van der Waals surface area contributed by atoms with Crippen molar-refractivity contribution in [2.75, 3.05) is 11.9 Å². The van der Waals surface area contributed by atoms with Gasteiger partial charge < -0.3 is 11.1 Å². The van der Waals surface area contributed by atoms with E-state index in [0.717, 1.165) is 12.1 Å². The van der Waals surface area contributed by atoms with Gasteiger partial charge in [-0.25, -0.2) is 0 Å². The molecule has 0 saturated heterocycles. The van der Waals surface area contributed by atoms with Crippen LogP contribution < -0.4 is 11.1 Å². The van der Waals surface area contributed by atoms with Gasteiger partial charge in [0.1, 0.15) is 0 Å². The SMILES string of the molecule is CCc1ccc(NC(CN)c2ccc(C)cc2)cc1. The molecule has 0 aromatic heterocycles. The van der Waals surface area contributed by atoms with Crippen molar-refractivity contribution in [2.24, 2.45) is 5.73 Å². The minimum Gasteiger partial charge on any atom is -0.377 e. The van der Waals surface area contributed by atoms with Crippen molar-refractivity contribution >= 4 is 5.69 Å². The number of rotatable bonds is 5. The van der Waals surface area contributed by atoms with E-state index < -0.39 is 0 Å². The molecule has 0 fully saturated rings. The van der Waals surface area contributed by atoms with Crippen molar-refractivity contribution in [3.05, 3.63) is 65.2 Å². The molecule has 0 radical (unpaired) electrons. The molecule has 2 aromatic rings. The molecule has 100 valence electrons. The highest BCUT2D eigenvalue weighted by molar-refractivity contribution is 5.47. The maximum Gasteiger partial charge on any atom is 0.0636 e. The molecule has 2 nitrogen and oxygen atoms in total. The molecule has 3 N–H and O–H groups in total. The van der Waals surface area contributed by atoms with Gasteiger partial charge >= 0.3 is 0 Å². The molecule has 2 rings (SSSR count).